The van der Waals surface area contributed by atoms with Crippen molar-refractivity contribution >= 4 is 5.97 Å². The second-order valence-electron chi connectivity index (χ2n) is 3.42. The van der Waals surface area contributed by atoms with Gasteiger partial charge in [-0.05, 0) is 19.4 Å². The lowest BCUT2D eigenvalue weighted by Gasteiger charge is -2.01. The molecule has 0 aliphatic carbocycles. The Balaban J connectivity index is 0.000000280. The normalized spacial score (nSPS) is 19.0. The highest BCUT2D eigenvalue weighted by atomic mass is 16.5. The highest BCUT2D eigenvalue weighted by Gasteiger charge is 2.20. The molecule has 1 fully saturated rings. The number of nitrogens with two attached hydrogens (primary N) is 1. The van der Waals surface area contributed by atoms with Gasteiger partial charge in [0.1, 0.15) is 0 Å². The van der Waals surface area contributed by atoms with Crippen molar-refractivity contribution in [3.63, 3.8) is 0 Å². The molecule has 1 aromatic heterocycles. The second kappa shape index (κ2) is 6.19. The third kappa shape index (κ3) is 3.95. The summed E-state index contributed by atoms with van der Waals surface area (Å²) in [5.74, 6) is 0.423. The van der Waals surface area contributed by atoms with Crippen LogP contribution in [0.2, 0.25) is 0 Å². The number of hydrogen-bond acceptors (Lipinski definition) is 6. The molecule has 1 aromatic rings. The number of rotatable bonds is 2. The molecule has 4 N–H and O–H groups in total. The van der Waals surface area contributed by atoms with Crippen molar-refractivity contribution in [2.45, 2.75) is 32.4 Å². The zero-order chi connectivity index (χ0) is 12.0. The summed E-state index contributed by atoms with van der Waals surface area (Å²) in [5.41, 5.74) is 5.35. The van der Waals surface area contributed by atoms with Gasteiger partial charge in [0.2, 0.25) is 5.89 Å². The van der Waals surface area contributed by atoms with Crippen molar-refractivity contribution in [2.75, 3.05) is 6.54 Å². The Hall–Kier alpha value is -1.47. The number of aromatic nitrogens is 2. The molecule has 2 rings (SSSR count). The molecule has 0 amide bonds. The van der Waals surface area contributed by atoms with Crippen LogP contribution in [0.1, 0.15) is 37.5 Å². The van der Waals surface area contributed by atoms with Gasteiger partial charge in [-0.3, -0.25) is 4.79 Å². The van der Waals surface area contributed by atoms with Gasteiger partial charge in [0.25, 0.3) is 5.97 Å². The van der Waals surface area contributed by atoms with E-state index in [2.05, 4.69) is 15.5 Å². The zero-order valence-corrected chi connectivity index (χ0v) is 9.14. The summed E-state index contributed by atoms with van der Waals surface area (Å²) in [6.07, 6.45) is 2.26. The molecule has 16 heavy (non-hydrogen) atoms. The number of carbonyl (C=O) groups is 1. The van der Waals surface area contributed by atoms with E-state index in [1.54, 1.807) is 0 Å². The minimum atomic E-state index is -0.833. The number of carboxylic acid groups (broad SMARTS) is 1. The molecule has 7 heteroatoms. The van der Waals surface area contributed by atoms with E-state index in [1.807, 2.05) is 0 Å². The molecule has 0 radical (unpaired) electrons. The molecule has 0 spiro atoms. The van der Waals surface area contributed by atoms with E-state index in [9.17, 15) is 0 Å². The standard InChI is InChI=1S/C7H12N4O.C2H4O2/c8-4-6-10-7(11-12-6)5-2-1-3-9-5;1-2(3)4/h5,9H,1-4,8H2;1H3,(H,3,4). The van der Waals surface area contributed by atoms with Crippen LogP contribution in [0.5, 0.6) is 0 Å². The number of nitrogens with zero attached hydrogens (tertiary/aromatic N) is 2. The monoisotopic (exact) mass is 228 g/mol. The molecule has 0 saturated carbocycles. The van der Waals surface area contributed by atoms with E-state index in [4.69, 9.17) is 20.2 Å². The fourth-order valence-corrected chi connectivity index (χ4v) is 1.40. The highest BCUT2D eigenvalue weighted by Crippen LogP contribution is 2.19. The van der Waals surface area contributed by atoms with Crippen molar-refractivity contribution < 1.29 is 14.4 Å². The molecule has 2 heterocycles. The van der Waals surface area contributed by atoms with E-state index < -0.39 is 5.97 Å². The van der Waals surface area contributed by atoms with Crippen molar-refractivity contribution in [3.8, 4) is 0 Å². The number of nitrogens with one attached hydrogen (secondary N) is 1. The lowest BCUT2D eigenvalue weighted by atomic mass is 10.2. The maximum Gasteiger partial charge on any atom is 0.300 e. The SMILES string of the molecule is CC(=O)O.NCc1nc(C2CCCN2)no1. The van der Waals surface area contributed by atoms with Crippen LogP contribution in [0, 0.1) is 0 Å². The third-order valence-electron chi connectivity index (χ3n) is 2.03. The molecular weight excluding hydrogens is 212 g/mol. The first-order valence-corrected chi connectivity index (χ1v) is 5.09. The van der Waals surface area contributed by atoms with Crippen LogP contribution < -0.4 is 11.1 Å². The Morgan fingerprint density at radius 1 is 1.75 bits per heavy atom. The molecular formula is C9H16N4O3. The summed E-state index contributed by atoms with van der Waals surface area (Å²) < 4.78 is 4.90. The summed E-state index contributed by atoms with van der Waals surface area (Å²) in [6.45, 7) is 2.44. The molecule has 1 aliphatic heterocycles. The Morgan fingerprint density at radius 2 is 2.44 bits per heavy atom. The smallest absolute Gasteiger partial charge is 0.300 e. The second-order valence-corrected chi connectivity index (χ2v) is 3.42. The van der Waals surface area contributed by atoms with Crippen LogP contribution in [0.25, 0.3) is 0 Å². The van der Waals surface area contributed by atoms with E-state index in [-0.39, 0.29) is 6.04 Å². The minimum Gasteiger partial charge on any atom is -0.481 e. The summed E-state index contributed by atoms with van der Waals surface area (Å²) in [6, 6.07) is 0.272. The Labute approximate surface area is 93.0 Å². The van der Waals surface area contributed by atoms with E-state index >= 15 is 0 Å². The molecule has 0 bridgehead atoms. The fourth-order valence-electron chi connectivity index (χ4n) is 1.40. The summed E-state index contributed by atoms with van der Waals surface area (Å²) in [5, 5.41) is 14.5. The van der Waals surface area contributed by atoms with Gasteiger partial charge >= 0.3 is 0 Å². The average molecular weight is 228 g/mol. The predicted octanol–water partition coefficient (Wildman–Crippen LogP) is 0.0437. The molecule has 0 aromatic carbocycles. The third-order valence-corrected chi connectivity index (χ3v) is 2.03. The Bertz CT molecular complexity index is 329. The fraction of sp³-hybridized carbons (Fsp3) is 0.667. The quantitative estimate of drug-likeness (QED) is 0.654. The van der Waals surface area contributed by atoms with Gasteiger partial charge < -0.3 is 20.7 Å². The maximum absolute atomic E-state index is 9.00. The van der Waals surface area contributed by atoms with Gasteiger partial charge in [0, 0.05) is 6.92 Å². The first-order chi connectivity index (χ1) is 7.63. The molecule has 1 unspecified atom stereocenters. The van der Waals surface area contributed by atoms with Gasteiger partial charge in [-0.15, -0.1) is 0 Å². The van der Waals surface area contributed by atoms with Crippen molar-refractivity contribution in [3.05, 3.63) is 11.7 Å². The lowest BCUT2D eigenvalue weighted by Crippen LogP contribution is -2.14. The summed E-state index contributed by atoms with van der Waals surface area (Å²) in [7, 11) is 0. The van der Waals surface area contributed by atoms with E-state index in [1.165, 1.54) is 6.42 Å². The van der Waals surface area contributed by atoms with Gasteiger partial charge in [0.15, 0.2) is 5.82 Å². The van der Waals surface area contributed by atoms with Gasteiger partial charge in [-0.25, -0.2) is 0 Å². The van der Waals surface area contributed by atoms with Crippen molar-refractivity contribution in [1.82, 2.24) is 15.5 Å². The van der Waals surface area contributed by atoms with E-state index in [0.717, 1.165) is 25.7 Å². The van der Waals surface area contributed by atoms with E-state index in [0.29, 0.717) is 12.4 Å². The van der Waals surface area contributed by atoms with Crippen molar-refractivity contribution in [1.29, 1.82) is 0 Å². The van der Waals surface area contributed by atoms with Crippen LogP contribution in [0.3, 0.4) is 0 Å². The van der Waals surface area contributed by atoms with Gasteiger partial charge in [0.05, 0.1) is 12.6 Å². The van der Waals surface area contributed by atoms with Crippen LogP contribution in [-0.4, -0.2) is 27.8 Å². The maximum atomic E-state index is 9.00. The predicted molar refractivity (Wildman–Crippen MR) is 55.5 cm³/mol. The Kier molecular flexibility index (Phi) is 4.87. The first kappa shape index (κ1) is 12.6. The van der Waals surface area contributed by atoms with Crippen LogP contribution in [0.15, 0.2) is 4.52 Å². The minimum absolute atomic E-state index is 0.272. The van der Waals surface area contributed by atoms with Crippen LogP contribution in [-0.2, 0) is 11.3 Å². The van der Waals surface area contributed by atoms with Gasteiger partial charge in [-0.2, -0.15) is 4.98 Å². The number of carboxylic acids is 1. The van der Waals surface area contributed by atoms with Crippen molar-refractivity contribution in [2.24, 2.45) is 5.73 Å². The largest absolute Gasteiger partial charge is 0.481 e. The first-order valence-electron chi connectivity index (χ1n) is 5.09. The van der Waals surface area contributed by atoms with Gasteiger partial charge in [-0.1, -0.05) is 5.16 Å². The van der Waals surface area contributed by atoms with Crippen LogP contribution in [0.4, 0.5) is 0 Å². The summed E-state index contributed by atoms with van der Waals surface area (Å²) in [4.78, 5) is 13.1. The summed E-state index contributed by atoms with van der Waals surface area (Å²) >= 11 is 0. The molecule has 90 valence electrons. The molecule has 7 nitrogen and oxygen atoms in total. The number of aliphatic carboxylic acids is 1. The molecule has 1 atom stereocenters. The molecule has 1 saturated heterocycles. The molecule has 1 aliphatic rings. The topological polar surface area (TPSA) is 114 Å². The average Bonchev–Trinajstić information content (AvgIpc) is 2.87. The zero-order valence-electron chi connectivity index (χ0n) is 9.14. The highest BCUT2D eigenvalue weighted by molar-refractivity contribution is 5.62. The number of hydrogen-bond donors (Lipinski definition) is 3. The van der Waals surface area contributed by atoms with Crippen LogP contribution >= 0.6 is 0 Å². The Morgan fingerprint density at radius 3 is 2.88 bits per heavy atom. The lowest BCUT2D eigenvalue weighted by molar-refractivity contribution is -0.134.